The number of hydrogen-bond donors (Lipinski definition) is 0. The van der Waals surface area contributed by atoms with Gasteiger partial charge in [0.15, 0.2) is 5.17 Å². The number of thioether (sulfide) groups is 1. The third-order valence-corrected chi connectivity index (χ3v) is 7.86. The Balaban J connectivity index is 1.60. The first-order valence-electron chi connectivity index (χ1n) is 12.8. The van der Waals surface area contributed by atoms with Gasteiger partial charge in [0.05, 0.1) is 37.4 Å². The SMILES string of the molecule is CCOC(=O)C1=C(c2ccccc2)N=C2SC=C(CC(=O)N3CCN(C)CC3)N2[C@H]1c1ccccc1OC. The van der Waals surface area contributed by atoms with Crippen LogP contribution in [-0.2, 0) is 14.3 Å². The molecule has 1 saturated heterocycles. The Hall–Kier alpha value is -3.56. The van der Waals surface area contributed by atoms with Gasteiger partial charge in [-0.1, -0.05) is 60.3 Å². The summed E-state index contributed by atoms with van der Waals surface area (Å²) >= 11 is 1.47. The van der Waals surface area contributed by atoms with Crippen molar-refractivity contribution in [3.05, 3.63) is 82.4 Å². The molecule has 1 amide bonds. The molecule has 3 aliphatic rings. The molecular formula is C29H32N4O4S. The minimum Gasteiger partial charge on any atom is -0.496 e. The smallest absolute Gasteiger partial charge is 0.338 e. The summed E-state index contributed by atoms with van der Waals surface area (Å²) in [5.41, 5.74) is 3.43. The van der Waals surface area contributed by atoms with Gasteiger partial charge in [0.2, 0.25) is 5.91 Å². The molecule has 2 aromatic rings. The number of ether oxygens (including phenoxy) is 2. The van der Waals surface area contributed by atoms with Crippen molar-refractivity contribution in [2.24, 2.45) is 4.99 Å². The zero-order valence-electron chi connectivity index (χ0n) is 21.9. The number of carbonyl (C=O) groups excluding carboxylic acids is 2. The van der Waals surface area contributed by atoms with Crippen LogP contribution in [0.25, 0.3) is 5.70 Å². The Morgan fingerprint density at radius 1 is 1.03 bits per heavy atom. The van der Waals surface area contributed by atoms with E-state index < -0.39 is 12.0 Å². The molecule has 0 N–H and O–H groups in total. The number of methoxy groups -OCH3 is 1. The van der Waals surface area contributed by atoms with Gasteiger partial charge in [-0.25, -0.2) is 9.79 Å². The summed E-state index contributed by atoms with van der Waals surface area (Å²) in [6.07, 6.45) is 0.220. The van der Waals surface area contributed by atoms with Crippen LogP contribution in [0.3, 0.4) is 0 Å². The topological polar surface area (TPSA) is 74.7 Å². The third kappa shape index (κ3) is 5.08. The number of esters is 1. The van der Waals surface area contributed by atoms with E-state index in [1.54, 1.807) is 14.0 Å². The molecule has 0 unspecified atom stereocenters. The van der Waals surface area contributed by atoms with Crippen LogP contribution in [0, 0.1) is 0 Å². The predicted molar refractivity (Wildman–Crippen MR) is 149 cm³/mol. The summed E-state index contributed by atoms with van der Waals surface area (Å²) < 4.78 is 11.3. The number of hydrogen-bond acceptors (Lipinski definition) is 8. The molecule has 3 aliphatic heterocycles. The summed E-state index contributed by atoms with van der Waals surface area (Å²) in [4.78, 5) is 38.1. The highest BCUT2D eigenvalue weighted by molar-refractivity contribution is 8.16. The molecule has 8 nitrogen and oxygen atoms in total. The van der Waals surface area contributed by atoms with Crippen molar-refractivity contribution in [1.82, 2.24) is 14.7 Å². The highest BCUT2D eigenvalue weighted by atomic mass is 32.2. The molecule has 0 bridgehead atoms. The summed E-state index contributed by atoms with van der Waals surface area (Å²) in [5, 5.41) is 2.69. The molecule has 9 heteroatoms. The lowest BCUT2D eigenvalue weighted by Crippen LogP contribution is -2.47. The molecule has 2 aromatic carbocycles. The van der Waals surface area contributed by atoms with Gasteiger partial charge in [-0.15, -0.1) is 0 Å². The van der Waals surface area contributed by atoms with E-state index in [-0.39, 0.29) is 18.9 Å². The normalized spacial score (nSPS) is 19.6. The summed E-state index contributed by atoms with van der Waals surface area (Å²) in [5.74, 6) is 0.279. The Labute approximate surface area is 227 Å². The second-order valence-corrected chi connectivity index (χ2v) is 10.2. The van der Waals surface area contributed by atoms with E-state index in [0.29, 0.717) is 35.3 Å². The maximum absolute atomic E-state index is 13.6. The van der Waals surface area contributed by atoms with Crippen molar-refractivity contribution in [3.63, 3.8) is 0 Å². The standard InChI is InChI=1S/C29H32N4O4S/c1-4-37-28(35)25-26(20-10-6-5-7-11-20)30-29-33(27(25)22-12-8-9-13-23(22)36-3)21(19-38-29)18-24(34)32-16-14-31(2)15-17-32/h5-13,19,27H,4,14-18H2,1-3H3/t27-/m0/s1. The second kappa shape index (κ2) is 11.4. The summed E-state index contributed by atoms with van der Waals surface area (Å²) in [6, 6.07) is 16.8. The van der Waals surface area contributed by atoms with Crippen LogP contribution in [0.15, 0.2) is 76.3 Å². The van der Waals surface area contributed by atoms with Gasteiger partial charge in [0.25, 0.3) is 0 Å². The zero-order valence-corrected chi connectivity index (χ0v) is 22.7. The number of nitrogens with zero attached hydrogens (tertiary/aromatic N) is 4. The van der Waals surface area contributed by atoms with Crippen molar-refractivity contribution >= 4 is 34.5 Å². The largest absolute Gasteiger partial charge is 0.496 e. The molecule has 1 fully saturated rings. The number of rotatable bonds is 7. The molecule has 198 valence electrons. The van der Waals surface area contributed by atoms with E-state index in [1.165, 1.54) is 11.8 Å². The lowest BCUT2D eigenvalue weighted by Gasteiger charge is -2.38. The van der Waals surface area contributed by atoms with Gasteiger partial charge in [-0.2, -0.15) is 0 Å². The number of piperazine rings is 1. The van der Waals surface area contributed by atoms with Crippen molar-refractivity contribution in [2.75, 3.05) is 46.9 Å². The van der Waals surface area contributed by atoms with E-state index in [4.69, 9.17) is 14.5 Å². The maximum Gasteiger partial charge on any atom is 0.338 e. The minimum atomic E-state index is -0.575. The highest BCUT2D eigenvalue weighted by Gasteiger charge is 2.43. The van der Waals surface area contributed by atoms with Crippen LogP contribution in [0.4, 0.5) is 0 Å². The number of fused-ring (bicyclic) bond motifs is 1. The van der Waals surface area contributed by atoms with Gasteiger partial charge in [-0.05, 0) is 25.4 Å². The zero-order chi connectivity index (χ0) is 26.6. The first kappa shape index (κ1) is 26.1. The van der Waals surface area contributed by atoms with E-state index in [2.05, 4.69) is 11.9 Å². The monoisotopic (exact) mass is 532 g/mol. The quantitative estimate of drug-likeness (QED) is 0.497. The molecular weight excluding hydrogens is 500 g/mol. The molecule has 0 spiro atoms. The molecule has 0 saturated carbocycles. The molecule has 0 radical (unpaired) electrons. The van der Waals surface area contributed by atoms with Gasteiger partial charge < -0.3 is 24.2 Å². The van der Waals surface area contributed by atoms with Crippen molar-refractivity contribution < 1.29 is 19.1 Å². The minimum absolute atomic E-state index is 0.0699. The molecule has 3 heterocycles. The van der Waals surface area contributed by atoms with E-state index >= 15 is 0 Å². The summed E-state index contributed by atoms with van der Waals surface area (Å²) in [7, 11) is 3.69. The number of likely N-dealkylation sites (N-methyl/N-ethyl adjacent to an activating group) is 1. The molecule has 5 rings (SSSR count). The van der Waals surface area contributed by atoms with Crippen LogP contribution in [-0.4, -0.2) is 78.7 Å². The van der Waals surface area contributed by atoms with E-state index in [0.717, 1.165) is 29.9 Å². The average molecular weight is 533 g/mol. The number of aliphatic imine (C=N–C) groups is 1. The van der Waals surface area contributed by atoms with Crippen molar-refractivity contribution in [2.45, 2.75) is 19.4 Å². The molecule has 1 atom stereocenters. The number of amidine groups is 1. The van der Waals surface area contributed by atoms with Gasteiger partial charge >= 0.3 is 5.97 Å². The van der Waals surface area contributed by atoms with Gasteiger partial charge in [-0.3, -0.25) is 4.79 Å². The Morgan fingerprint density at radius 2 is 1.74 bits per heavy atom. The average Bonchev–Trinajstić information content (AvgIpc) is 3.35. The van der Waals surface area contributed by atoms with Crippen LogP contribution >= 0.6 is 11.8 Å². The number of para-hydroxylation sites is 1. The molecule has 38 heavy (non-hydrogen) atoms. The Morgan fingerprint density at radius 3 is 2.45 bits per heavy atom. The number of amides is 1. The molecule has 0 aromatic heterocycles. The molecule has 0 aliphatic carbocycles. The van der Waals surface area contributed by atoms with Crippen LogP contribution in [0.1, 0.15) is 30.5 Å². The lowest BCUT2D eigenvalue weighted by molar-refractivity contribution is -0.139. The Kier molecular flexibility index (Phi) is 7.85. The predicted octanol–water partition coefficient (Wildman–Crippen LogP) is 4.13. The first-order valence-corrected chi connectivity index (χ1v) is 13.7. The van der Waals surface area contributed by atoms with E-state index in [9.17, 15) is 9.59 Å². The maximum atomic E-state index is 13.6. The summed E-state index contributed by atoms with van der Waals surface area (Å²) in [6.45, 7) is 5.16. The highest BCUT2D eigenvalue weighted by Crippen LogP contribution is 2.48. The number of carbonyl (C=O) groups is 2. The van der Waals surface area contributed by atoms with Crippen LogP contribution in [0.2, 0.25) is 0 Å². The second-order valence-electron chi connectivity index (χ2n) is 9.35. The van der Waals surface area contributed by atoms with Gasteiger partial charge in [0.1, 0.15) is 5.75 Å². The van der Waals surface area contributed by atoms with E-state index in [1.807, 2.05) is 69.8 Å². The fourth-order valence-corrected chi connectivity index (χ4v) is 5.92. The van der Waals surface area contributed by atoms with Crippen LogP contribution < -0.4 is 4.74 Å². The van der Waals surface area contributed by atoms with Crippen molar-refractivity contribution in [3.8, 4) is 5.75 Å². The fourth-order valence-electron chi connectivity index (χ4n) is 5.00. The van der Waals surface area contributed by atoms with Gasteiger partial charge in [0, 0.05) is 43.0 Å². The van der Waals surface area contributed by atoms with Crippen molar-refractivity contribution in [1.29, 1.82) is 0 Å². The number of benzene rings is 2. The first-order chi connectivity index (χ1) is 18.5. The fraction of sp³-hybridized carbons (Fsp3) is 0.345. The van der Waals surface area contributed by atoms with Crippen LogP contribution in [0.5, 0.6) is 5.75 Å². The Bertz CT molecular complexity index is 1300. The lowest BCUT2D eigenvalue weighted by atomic mass is 9.91. The third-order valence-electron chi connectivity index (χ3n) is 6.97.